The fourth-order valence-corrected chi connectivity index (χ4v) is 2.03. The molecule has 5 heteroatoms. The van der Waals surface area contributed by atoms with Crippen molar-refractivity contribution in [2.45, 2.75) is 38.4 Å². The molecule has 1 fully saturated rings. The number of carboxylic acid groups (broad SMARTS) is 1. The van der Waals surface area contributed by atoms with Crippen LogP contribution < -0.4 is 0 Å². The van der Waals surface area contributed by atoms with Crippen molar-refractivity contribution in [3.63, 3.8) is 0 Å². The summed E-state index contributed by atoms with van der Waals surface area (Å²) in [4.78, 5) is 11.1. The number of carboxylic acids is 1. The highest BCUT2D eigenvalue weighted by atomic mass is 16.8. The summed E-state index contributed by atoms with van der Waals surface area (Å²) in [5.41, 5.74) is 1.03. The van der Waals surface area contributed by atoms with E-state index in [2.05, 4.69) is 0 Å². The first-order valence-electron chi connectivity index (χ1n) is 6.18. The molecule has 5 nitrogen and oxygen atoms in total. The predicted molar refractivity (Wildman–Crippen MR) is 67.6 cm³/mol. The summed E-state index contributed by atoms with van der Waals surface area (Å²) < 4.78 is 16.4. The Morgan fingerprint density at radius 2 is 2.00 bits per heavy atom. The maximum absolute atomic E-state index is 11.1. The molecule has 104 valence electrons. The molecule has 0 unspecified atom stereocenters. The molecule has 19 heavy (non-hydrogen) atoms. The lowest BCUT2D eigenvalue weighted by atomic mass is 10.2. The number of rotatable bonds is 5. The summed E-state index contributed by atoms with van der Waals surface area (Å²) in [6.07, 6.45) is -1.57. The van der Waals surface area contributed by atoms with E-state index in [0.717, 1.165) is 5.56 Å². The molecular weight excluding hydrogens is 248 g/mol. The van der Waals surface area contributed by atoms with Gasteiger partial charge in [-0.1, -0.05) is 30.3 Å². The van der Waals surface area contributed by atoms with E-state index >= 15 is 0 Å². The minimum absolute atomic E-state index is 0.190. The molecule has 1 aromatic rings. The third kappa shape index (κ3) is 3.76. The Balaban J connectivity index is 1.86. The highest BCUT2D eigenvalue weighted by Gasteiger charge is 2.45. The van der Waals surface area contributed by atoms with Crippen LogP contribution in [0.25, 0.3) is 0 Å². The second kappa shape index (κ2) is 5.69. The van der Waals surface area contributed by atoms with Gasteiger partial charge < -0.3 is 19.3 Å². The summed E-state index contributed by atoms with van der Waals surface area (Å²) >= 11 is 0. The average Bonchev–Trinajstić information content (AvgIpc) is 2.66. The van der Waals surface area contributed by atoms with E-state index < -0.39 is 24.0 Å². The van der Waals surface area contributed by atoms with Crippen LogP contribution in [0.5, 0.6) is 0 Å². The van der Waals surface area contributed by atoms with E-state index in [1.165, 1.54) is 0 Å². The Morgan fingerprint density at radius 3 is 2.63 bits per heavy atom. The van der Waals surface area contributed by atoms with E-state index in [4.69, 9.17) is 19.3 Å². The zero-order chi connectivity index (χ0) is 13.9. The molecule has 1 saturated heterocycles. The van der Waals surface area contributed by atoms with Crippen LogP contribution in [0, 0.1) is 0 Å². The monoisotopic (exact) mass is 266 g/mol. The Morgan fingerprint density at radius 1 is 1.32 bits per heavy atom. The molecule has 1 aliphatic heterocycles. The first-order valence-corrected chi connectivity index (χ1v) is 6.18. The minimum Gasteiger partial charge on any atom is -0.479 e. The molecular formula is C14H18O5. The van der Waals surface area contributed by atoms with Crippen LogP contribution in [0.15, 0.2) is 30.3 Å². The van der Waals surface area contributed by atoms with Gasteiger partial charge in [0.2, 0.25) is 0 Å². The zero-order valence-corrected chi connectivity index (χ0v) is 11.0. The summed E-state index contributed by atoms with van der Waals surface area (Å²) in [5, 5.41) is 9.07. The predicted octanol–water partition coefficient (Wildman–Crippen LogP) is 1.81. The van der Waals surface area contributed by atoms with Gasteiger partial charge in [0.05, 0.1) is 13.2 Å². The van der Waals surface area contributed by atoms with Gasteiger partial charge in [0, 0.05) is 0 Å². The molecule has 0 spiro atoms. The van der Waals surface area contributed by atoms with E-state index in [9.17, 15) is 4.79 Å². The van der Waals surface area contributed by atoms with Crippen molar-refractivity contribution in [2.75, 3.05) is 6.61 Å². The van der Waals surface area contributed by atoms with E-state index in [-0.39, 0.29) is 6.61 Å². The van der Waals surface area contributed by atoms with Crippen molar-refractivity contribution in [1.29, 1.82) is 0 Å². The lowest BCUT2D eigenvalue weighted by Crippen LogP contribution is -2.34. The molecule has 0 bridgehead atoms. The Hall–Kier alpha value is -1.43. The topological polar surface area (TPSA) is 65.0 Å². The largest absolute Gasteiger partial charge is 0.479 e. The van der Waals surface area contributed by atoms with Gasteiger partial charge in [0.15, 0.2) is 11.9 Å². The summed E-state index contributed by atoms with van der Waals surface area (Å²) in [6.45, 7) is 4.00. The van der Waals surface area contributed by atoms with Crippen LogP contribution >= 0.6 is 0 Å². The van der Waals surface area contributed by atoms with Crippen LogP contribution in [0.3, 0.4) is 0 Å². The Labute approximate surface area is 112 Å². The maximum atomic E-state index is 11.1. The van der Waals surface area contributed by atoms with Gasteiger partial charge >= 0.3 is 5.97 Å². The third-order valence-electron chi connectivity index (χ3n) is 2.82. The van der Waals surface area contributed by atoms with Crippen LogP contribution in [-0.2, 0) is 25.6 Å². The highest BCUT2D eigenvalue weighted by Crippen LogP contribution is 2.28. The molecule has 2 rings (SSSR count). The average molecular weight is 266 g/mol. The Bertz CT molecular complexity index is 429. The van der Waals surface area contributed by atoms with Crippen molar-refractivity contribution in [2.24, 2.45) is 0 Å². The number of hydrogen-bond acceptors (Lipinski definition) is 4. The van der Waals surface area contributed by atoms with Gasteiger partial charge in [0.25, 0.3) is 0 Å². The number of aliphatic carboxylic acids is 1. The number of hydrogen-bond donors (Lipinski definition) is 1. The molecule has 0 aromatic heterocycles. The number of benzene rings is 1. The summed E-state index contributed by atoms with van der Waals surface area (Å²) in [7, 11) is 0. The number of carbonyl (C=O) groups is 1. The summed E-state index contributed by atoms with van der Waals surface area (Å²) in [6, 6.07) is 9.68. The maximum Gasteiger partial charge on any atom is 0.335 e. The fourth-order valence-electron chi connectivity index (χ4n) is 2.03. The standard InChI is InChI=1S/C14H18O5/c1-14(2)18-11(12(19-14)13(15)16)9-17-8-10-6-4-3-5-7-10/h3-7,11-12H,8-9H2,1-2H3,(H,15,16)/t11-,12+/m0/s1. The first-order chi connectivity index (χ1) is 8.98. The normalized spacial score (nSPS) is 25.4. The molecule has 0 radical (unpaired) electrons. The van der Waals surface area contributed by atoms with Crippen LogP contribution in [0.2, 0.25) is 0 Å². The summed E-state index contributed by atoms with van der Waals surface area (Å²) in [5.74, 6) is -1.91. The van der Waals surface area contributed by atoms with Crippen molar-refractivity contribution in [1.82, 2.24) is 0 Å². The highest BCUT2D eigenvalue weighted by molar-refractivity contribution is 5.73. The van der Waals surface area contributed by atoms with Crippen LogP contribution in [0.4, 0.5) is 0 Å². The molecule has 0 aliphatic carbocycles. The van der Waals surface area contributed by atoms with Gasteiger partial charge in [0.1, 0.15) is 6.10 Å². The molecule has 1 N–H and O–H groups in total. The fraction of sp³-hybridized carbons (Fsp3) is 0.500. The molecule has 1 aliphatic rings. The molecule has 0 saturated carbocycles. The van der Waals surface area contributed by atoms with Gasteiger partial charge in [-0.05, 0) is 19.4 Å². The SMILES string of the molecule is CC1(C)O[C@@H](COCc2ccccc2)[C@H](C(=O)O)O1. The van der Waals surface area contributed by atoms with Crippen molar-refractivity contribution >= 4 is 5.97 Å². The van der Waals surface area contributed by atoms with Crippen molar-refractivity contribution in [3.8, 4) is 0 Å². The van der Waals surface area contributed by atoms with Gasteiger partial charge in [-0.2, -0.15) is 0 Å². The second-order valence-electron chi connectivity index (χ2n) is 4.93. The number of ether oxygens (including phenoxy) is 3. The van der Waals surface area contributed by atoms with Gasteiger partial charge in [-0.15, -0.1) is 0 Å². The quantitative estimate of drug-likeness (QED) is 0.880. The van der Waals surface area contributed by atoms with Crippen LogP contribution in [0.1, 0.15) is 19.4 Å². The van der Waals surface area contributed by atoms with Crippen molar-refractivity contribution in [3.05, 3.63) is 35.9 Å². The first kappa shape index (κ1) is 14.0. The second-order valence-corrected chi connectivity index (χ2v) is 4.93. The van der Waals surface area contributed by atoms with E-state index in [1.54, 1.807) is 13.8 Å². The van der Waals surface area contributed by atoms with Crippen LogP contribution in [-0.4, -0.2) is 35.7 Å². The van der Waals surface area contributed by atoms with E-state index in [0.29, 0.717) is 6.61 Å². The van der Waals surface area contributed by atoms with Gasteiger partial charge in [-0.25, -0.2) is 4.79 Å². The third-order valence-corrected chi connectivity index (χ3v) is 2.82. The molecule has 2 atom stereocenters. The van der Waals surface area contributed by atoms with Crippen molar-refractivity contribution < 1.29 is 24.1 Å². The molecule has 0 amide bonds. The zero-order valence-electron chi connectivity index (χ0n) is 11.0. The molecule has 1 heterocycles. The lowest BCUT2D eigenvalue weighted by molar-refractivity contribution is -0.166. The molecule has 1 aromatic carbocycles. The van der Waals surface area contributed by atoms with Gasteiger partial charge in [-0.3, -0.25) is 0 Å². The smallest absolute Gasteiger partial charge is 0.335 e. The minimum atomic E-state index is -1.03. The lowest BCUT2D eigenvalue weighted by Gasteiger charge is -2.16. The van der Waals surface area contributed by atoms with E-state index in [1.807, 2.05) is 30.3 Å². The Kier molecular flexibility index (Phi) is 4.19.